The molecule has 0 atom stereocenters. The number of nitrogens with zero attached hydrogens (tertiary/aromatic N) is 5. The number of nitro groups is 1. The number of ether oxygens (including phenoxy) is 1. The highest BCUT2D eigenvalue weighted by atomic mass is 32.2. The number of rotatable bonds is 4. The van der Waals surface area contributed by atoms with Gasteiger partial charge in [-0.1, -0.05) is 23.1 Å². The van der Waals surface area contributed by atoms with Crippen molar-refractivity contribution in [2.24, 2.45) is 0 Å². The van der Waals surface area contributed by atoms with Crippen LogP contribution in [-0.2, 0) is 4.74 Å². The van der Waals surface area contributed by atoms with Gasteiger partial charge >= 0.3 is 0 Å². The molecule has 1 aliphatic rings. The Morgan fingerprint density at radius 3 is 2.84 bits per heavy atom. The summed E-state index contributed by atoms with van der Waals surface area (Å²) in [4.78, 5) is 17.9. The minimum absolute atomic E-state index is 0.0544. The Kier molecular flexibility index (Phi) is 4.47. The topological polar surface area (TPSA) is 94.3 Å². The number of aromatic nitrogens is 3. The highest BCUT2D eigenvalue weighted by molar-refractivity contribution is 8.01. The van der Waals surface area contributed by atoms with E-state index in [0.29, 0.717) is 18.6 Å². The minimum atomic E-state index is -0.389. The van der Waals surface area contributed by atoms with Crippen LogP contribution in [0.4, 0.5) is 10.8 Å². The predicted octanol–water partition coefficient (Wildman–Crippen LogP) is 2.98. The summed E-state index contributed by atoms with van der Waals surface area (Å²) in [5, 5.41) is 21.9. The predicted molar refractivity (Wildman–Crippen MR) is 95.5 cm³/mol. The third kappa shape index (κ3) is 3.28. The van der Waals surface area contributed by atoms with Gasteiger partial charge in [-0.05, 0) is 12.1 Å². The maximum absolute atomic E-state index is 11.2. The molecule has 0 spiro atoms. The van der Waals surface area contributed by atoms with Gasteiger partial charge in [-0.2, -0.15) is 0 Å². The molecule has 1 saturated heterocycles. The van der Waals surface area contributed by atoms with Crippen LogP contribution in [0.15, 0.2) is 39.8 Å². The zero-order valence-corrected chi connectivity index (χ0v) is 14.6. The normalized spacial score (nSPS) is 14.8. The summed E-state index contributed by atoms with van der Waals surface area (Å²) in [6, 6.07) is 5.05. The lowest BCUT2D eigenvalue weighted by atomic mass is 10.1. The Bertz CT molecular complexity index is 926. The monoisotopic (exact) mass is 375 g/mol. The van der Waals surface area contributed by atoms with Gasteiger partial charge < -0.3 is 9.64 Å². The first kappa shape index (κ1) is 16.2. The van der Waals surface area contributed by atoms with Gasteiger partial charge in [0.25, 0.3) is 5.69 Å². The van der Waals surface area contributed by atoms with E-state index in [2.05, 4.69) is 20.1 Å². The minimum Gasteiger partial charge on any atom is -0.378 e. The summed E-state index contributed by atoms with van der Waals surface area (Å²) in [6.45, 7) is 3.01. The van der Waals surface area contributed by atoms with Crippen molar-refractivity contribution < 1.29 is 9.66 Å². The van der Waals surface area contributed by atoms with Crippen molar-refractivity contribution in [3.8, 4) is 0 Å². The molecule has 0 bridgehead atoms. The number of anilines is 1. The Morgan fingerprint density at radius 1 is 1.20 bits per heavy atom. The first-order chi connectivity index (χ1) is 12.2. The largest absolute Gasteiger partial charge is 0.378 e. The number of benzene rings is 1. The Hall–Kier alpha value is -2.30. The SMILES string of the molecule is O=[N+]([O-])c1ccc(Sc2nnc(N3CCOCC3)s2)c2ccncc12. The molecular formula is C15H13N5O3S2. The van der Waals surface area contributed by atoms with Crippen LogP contribution in [0.3, 0.4) is 0 Å². The van der Waals surface area contributed by atoms with E-state index in [0.717, 1.165) is 32.8 Å². The third-order valence-electron chi connectivity index (χ3n) is 3.83. The summed E-state index contributed by atoms with van der Waals surface area (Å²) in [5.41, 5.74) is 0.0544. The summed E-state index contributed by atoms with van der Waals surface area (Å²) in [6.07, 6.45) is 3.16. The molecule has 2 aromatic heterocycles. The van der Waals surface area contributed by atoms with Crippen LogP contribution < -0.4 is 4.90 Å². The summed E-state index contributed by atoms with van der Waals surface area (Å²) < 4.78 is 6.15. The molecule has 3 aromatic rings. The summed E-state index contributed by atoms with van der Waals surface area (Å²) in [5.74, 6) is 0. The van der Waals surface area contributed by atoms with E-state index >= 15 is 0 Å². The Morgan fingerprint density at radius 2 is 2.04 bits per heavy atom. The molecule has 0 unspecified atom stereocenters. The summed E-state index contributed by atoms with van der Waals surface area (Å²) in [7, 11) is 0. The van der Waals surface area contributed by atoms with Crippen LogP contribution in [0.5, 0.6) is 0 Å². The lowest BCUT2D eigenvalue weighted by Gasteiger charge is -2.25. The molecular weight excluding hydrogens is 362 g/mol. The van der Waals surface area contributed by atoms with Gasteiger partial charge in [-0.15, -0.1) is 10.2 Å². The van der Waals surface area contributed by atoms with Crippen molar-refractivity contribution in [2.75, 3.05) is 31.2 Å². The highest BCUT2D eigenvalue weighted by Gasteiger charge is 2.18. The van der Waals surface area contributed by atoms with Crippen molar-refractivity contribution >= 4 is 44.7 Å². The Balaban J connectivity index is 1.64. The van der Waals surface area contributed by atoms with E-state index in [1.54, 1.807) is 18.3 Å². The quantitative estimate of drug-likeness (QED) is 0.507. The molecule has 0 amide bonds. The van der Waals surface area contributed by atoms with Crippen molar-refractivity contribution in [2.45, 2.75) is 9.24 Å². The van der Waals surface area contributed by atoms with Crippen LogP contribution in [-0.4, -0.2) is 46.4 Å². The fourth-order valence-corrected chi connectivity index (χ4v) is 4.60. The molecule has 0 aliphatic carbocycles. The fourth-order valence-electron chi connectivity index (χ4n) is 2.62. The molecule has 25 heavy (non-hydrogen) atoms. The summed E-state index contributed by atoms with van der Waals surface area (Å²) >= 11 is 2.97. The molecule has 8 nitrogen and oxygen atoms in total. The number of hydrogen-bond donors (Lipinski definition) is 0. The van der Waals surface area contributed by atoms with Crippen LogP contribution in [0.1, 0.15) is 0 Å². The van der Waals surface area contributed by atoms with Crippen LogP contribution in [0.25, 0.3) is 10.8 Å². The number of pyridine rings is 1. The molecule has 1 aromatic carbocycles. The molecule has 1 fully saturated rings. The van der Waals surface area contributed by atoms with Crippen molar-refractivity contribution in [1.82, 2.24) is 15.2 Å². The van der Waals surface area contributed by atoms with Crippen LogP contribution >= 0.6 is 23.1 Å². The van der Waals surface area contributed by atoms with Gasteiger partial charge in [0.15, 0.2) is 4.34 Å². The molecule has 128 valence electrons. The van der Waals surface area contributed by atoms with Crippen molar-refractivity contribution in [3.05, 3.63) is 40.7 Å². The van der Waals surface area contributed by atoms with E-state index in [9.17, 15) is 10.1 Å². The maximum Gasteiger partial charge on any atom is 0.278 e. The molecule has 0 radical (unpaired) electrons. The van der Waals surface area contributed by atoms with Crippen molar-refractivity contribution in [1.29, 1.82) is 0 Å². The molecule has 4 rings (SSSR count). The zero-order valence-electron chi connectivity index (χ0n) is 13.0. The molecule has 1 aliphatic heterocycles. The standard InChI is InChI=1S/C15H13N5O3S2/c21-20(22)12-1-2-13(10-3-4-16-9-11(10)12)24-15-18-17-14(25-15)19-5-7-23-8-6-19/h1-4,9H,5-8H2. The smallest absolute Gasteiger partial charge is 0.278 e. The molecule has 3 heterocycles. The highest BCUT2D eigenvalue weighted by Crippen LogP contribution is 2.39. The third-order valence-corrected chi connectivity index (χ3v) is 5.94. The second-order valence-corrected chi connectivity index (χ2v) is 7.56. The van der Waals surface area contributed by atoms with Gasteiger partial charge in [0, 0.05) is 41.8 Å². The van der Waals surface area contributed by atoms with Gasteiger partial charge in [-0.3, -0.25) is 15.1 Å². The van der Waals surface area contributed by atoms with Crippen molar-refractivity contribution in [3.63, 3.8) is 0 Å². The second kappa shape index (κ2) is 6.90. The van der Waals surface area contributed by atoms with E-state index < -0.39 is 0 Å². The van der Waals surface area contributed by atoms with Crippen LogP contribution in [0.2, 0.25) is 0 Å². The van der Waals surface area contributed by atoms with E-state index in [1.165, 1.54) is 35.4 Å². The van der Waals surface area contributed by atoms with Gasteiger partial charge in [0.1, 0.15) is 0 Å². The maximum atomic E-state index is 11.2. The Labute approximate surface area is 151 Å². The first-order valence-electron chi connectivity index (χ1n) is 7.57. The zero-order chi connectivity index (χ0) is 17.2. The van der Waals surface area contributed by atoms with Gasteiger partial charge in [-0.25, -0.2) is 0 Å². The fraction of sp³-hybridized carbons (Fsp3) is 0.267. The van der Waals surface area contributed by atoms with E-state index in [4.69, 9.17) is 4.74 Å². The molecule has 0 saturated carbocycles. The average Bonchev–Trinajstić information content (AvgIpc) is 3.11. The second-order valence-electron chi connectivity index (χ2n) is 5.31. The number of non-ortho nitro benzene ring substituents is 1. The van der Waals surface area contributed by atoms with Crippen LogP contribution in [0, 0.1) is 10.1 Å². The lowest BCUT2D eigenvalue weighted by Crippen LogP contribution is -2.36. The van der Waals surface area contributed by atoms with E-state index in [-0.39, 0.29) is 10.6 Å². The average molecular weight is 375 g/mol. The number of nitro benzene ring substituents is 1. The number of fused-ring (bicyclic) bond motifs is 1. The molecule has 10 heteroatoms. The number of hydrogen-bond acceptors (Lipinski definition) is 9. The van der Waals surface area contributed by atoms with Gasteiger partial charge in [0.05, 0.1) is 23.5 Å². The first-order valence-corrected chi connectivity index (χ1v) is 9.21. The molecule has 0 N–H and O–H groups in total. The van der Waals surface area contributed by atoms with E-state index in [1.807, 2.05) is 0 Å². The van der Waals surface area contributed by atoms with Gasteiger partial charge in [0.2, 0.25) is 5.13 Å². The lowest BCUT2D eigenvalue weighted by molar-refractivity contribution is -0.383. The number of morpholine rings is 1.